The predicted octanol–water partition coefficient (Wildman–Crippen LogP) is 2.90. The van der Waals surface area contributed by atoms with Gasteiger partial charge in [0.05, 0.1) is 11.4 Å². The first-order valence-corrected chi connectivity index (χ1v) is 7.89. The molecule has 0 atom stereocenters. The number of aromatic nitrogens is 4. The number of hydrogen-bond acceptors (Lipinski definition) is 4. The van der Waals surface area contributed by atoms with Gasteiger partial charge in [-0.05, 0) is 44.9 Å². The molecule has 1 aliphatic carbocycles. The molecular formula is C18H17N5O. The minimum atomic E-state index is -0.223. The lowest BCUT2D eigenvalue weighted by Gasteiger charge is -2.06. The van der Waals surface area contributed by atoms with Gasteiger partial charge in [-0.3, -0.25) is 14.2 Å². The van der Waals surface area contributed by atoms with Crippen LogP contribution in [-0.2, 0) is 0 Å². The number of rotatable bonds is 3. The van der Waals surface area contributed by atoms with Crippen LogP contribution in [0.2, 0.25) is 0 Å². The number of carbonyl (C=O) groups is 1. The molecule has 6 nitrogen and oxygen atoms in total. The lowest BCUT2D eigenvalue weighted by Crippen LogP contribution is -2.22. The first kappa shape index (κ1) is 14.6. The fourth-order valence-electron chi connectivity index (χ4n) is 2.68. The van der Waals surface area contributed by atoms with Crippen LogP contribution in [-0.4, -0.2) is 25.3 Å². The van der Waals surface area contributed by atoms with Crippen molar-refractivity contribution in [1.29, 1.82) is 0 Å². The summed E-state index contributed by atoms with van der Waals surface area (Å²) in [5.74, 6) is -0.223. The first-order chi connectivity index (χ1) is 11.6. The Kier molecular flexibility index (Phi) is 3.37. The molecule has 4 rings (SSSR count). The Hall–Kier alpha value is -3.02. The van der Waals surface area contributed by atoms with Crippen LogP contribution in [0.1, 0.15) is 35.9 Å². The standard InChI is InChI=1S/C18H17N5O/c1-11-9-15(14-5-3-4-8-19-14)22-17-16(20-10-23(11)17)18(24)21-12(2)13-6-7-13/h3-5,8-10H,6-7H2,1-2H3,(H,21,24). The summed E-state index contributed by atoms with van der Waals surface area (Å²) in [6.45, 7) is 3.89. The first-order valence-electron chi connectivity index (χ1n) is 7.89. The molecule has 1 saturated carbocycles. The average molecular weight is 319 g/mol. The van der Waals surface area contributed by atoms with E-state index in [4.69, 9.17) is 0 Å². The third-order valence-corrected chi connectivity index (χ3v) is 4.17. The minimum Gasteiger partial charge on any atom is -0.325 e. The van der Waals surface area contributed by atoms with Gasteiger partial charge in [-0.25, -0.2) is 9.97 Å². The molecule has 0 spiro atoms. The van der Waals surface area contributed by atoms with Crippen molar-refractivity contribution in [2.75, 3.05) is 0 Å². The van der Waals surface area contributed by atoms with Crippen LogP contribution in [0.4, 0.5) is 0 Å². The maximum absolute atomic E-state index is 12.5. The van der Waals surface area contributed by atoms with E-state index in [0.29, 0.717) is 11.3 Å². The Morgan fingerprint density at radius 1 is 1.21 bits per heavy atom. The van der Waals surface area contributed by atoms with Gasteiger partial charge in [0.1, 0.15) is 6.33 Å². The molecule has 3 aromatic heterocycles. The second kappa shape index (κ2) is 5.56. The molecule has 3 aromatic rings. The SMILES string of the molecule is CC(NC(=O)c1ncn2c(C)cc(-c3ccccn3)nc12)=C1CC1. The van der Waals surface area contributed by atoms with E-state index in [9.17, 15) is 4.79 Å². The summed E-state index contributed by atoms with van der Waals surface area (Å²) in [6, 6.07) is 7.62. The van der Waals surface area contributed by atoms with Crippen molar-refractivity contribution >= 4 is 11.6 Å². The number of imidazole rings is 1. The number of aryl methyl sites for hydroxylation is 1. The van der Waals surface area contributed by atoms with Crippen LogP contribution in [0.3, 0.4) is 0 Å². The van der Waals surface area contributed by atoms with E-state index in [0.717, 1.165) is 35.6 Å². The van der Waals surface area contributed by atoms with Crippen LogP contribution in [0.15, 0.2) is 48.1 Å². The third-order valence-electron chi connectivity index (χ3n) is 4.17. The fraction of sp³-hybridized carbons (Fsp3) is 0.222. The zero-order chi connectivity index (χ0) is 16.7. The van der Waals surface area contributed by atoms with Crippen molar-refractivity contribution in [1.82, 2.24) is 24.7 Å². The highest BCUT2D eigenvalue weighted by Crippen LogP contribution is 2.30. The van der Waals surface area contributed by atoms with Crippen LogP contribution in [0.5, 0.6) is 0 Å². The van der Waals surface area contributed by atoms with Gasteiger partial charge in [0.2, 0.25) is 0 Å². The molecule has 1 amide bonds. The van der Waals surface area contributed by atoms with Crippen LogP contribution in [0.25, 0.3) is 17.0 Å². The molecule has 0 saturated heterocycles. The summed E-state index contributed by atoms with van der Waals surface area (Å²) in [4.78, 5) is 25.8. The summed E-state index contributed by atoms with van der Waals surface area (Å²) in [6.07, 6.45) is 5.49. The molecule has 0 aliphatic heterocycles. The van der Waals surface area contributed by atoms with Gasteiger partial charge in [0.15, 0.2) is 11.3 Å². The summed E-state index contributed by atoms with van der Waals surface area (Å²) in [5.41, 5.74) is 5.55. The maximum Gasteiger partial charge on any atom is 0.277 e. The van der Waals surface area contributed by atoms with Gasteiger partial charge in [0.25, 0.3) is 5.91 Å². The summed E-state index contributed by atoms with van der Waals surface area (Å²) in [7, 11) is 0. The smallest absolute Gasteiger partial charge is 0.277 e. The Labute approximate surface area is 139 Å². The average Bonchev–Trinajstić information content (AvgIpc) is 3.35. The van der Waals surface area contributed by atoms with E-state index in [1.54, 1.807) is 12.5 Å². The van der Waals surface area contributed by atoms with Gasteiger partial charge in [-0.1, -0.05) is 11.6 Å². The molecule has 3 heterocycles. The molecule has 6 heteroatoms. The lowest BCUT2D eigenvalue weighted by molar-refractivity contribution is 0.0963. The van der Waals surface area contributed by atoms with Crippen molar-refractivity contribution in [2.24, 2.45) is 0 Å². The Balaban J connectivity index is 1.78. The number of fused-ring (bicyclic) bond motifs is 1. The lowest BCUT2D eigenvalue weighted by atomic mass is 10.2. The molecule has 0 radical (unpaired) electrons. The van der Waals surface area contributed by atoms with Crippen molar-refractivity contribution in [2.45, 2.75) is 26.7 Å². The molecule has 1 aliphatic rings. The topological polar surface area (TPSA) is 72.2 Å². The minimum absolute atomic E-state index is 0.223. The van der Waals surface area contributed by atoms with Gasteiger partial charge >= 0.3 is 0 Å². The number of hydrogen-bond donors (Lipinski definition) is 1. The van der Waals surface area contributed by atoms with Crippen molar-refractivity contribution in [3.05, 3.63) is 59.4 Å². The second-order valence-corrected chi connectivity index (χ2v) is 5.97. The summed E-state index contributed by atoms with van der Waals surface area (Å²) in [5, 5.41) is 2.92. The number of nitrogens with one attached hydrogen (secondary N) is 1. The number of pyridine rings is 1. The zero-order valence-corrected chi connectivity index (χ0v) is 13.6. The second-order valence-electron chi connectivity index (χ2n) is 5.97. The van der Waals surface area contributed by atoms with Crippen molar-refractivity contribution < 1.29 is 4.79 Å². The van der Waals surface area contributed by atoms with E-state index in [1.165, 1.54) is 5.57 Å². The fourth-order valence-corrected chi connectivity index (χ4v) is 2.68. The highest BCUT2D eigenvalue weighted by molar-refractivity contribution is 5.99. The molecular weight excluding hydrogens is 302 g/mol. The van der Waals surface area contributed by atoms with E-state index < -0.39 is 0 Å². The van der Waals surface area contributed by atoms with Crippen LogP contribution < -0.4 is 5.32 Å². The Morgan fingerprint density at radius 2 is 2.04 bits per heavy atom. The number of nitrogens with zero attached hydrogens (tertiary/aromatic N) is 4. The molecule has 0 bridgehead atoms. The molecule has 1 N–H and O–H groups in total. The van der Waals surface area contributed by atoms with Crippen molar-refractivity contribution in [3.8, 4) is 11.4 Å². The maximum atomic E-state index is 12.5. The quantitative estimate of drug-likeness (QED) is 0.805. The monoisotopic (exact) mass is 319 g/mol. The predicted molar refractivity (Wildman–Crippen MR) is 90.4 cm³/mol. The number of carbonyl (C=O) groups excluding carboxylic acids is 1. The molecule has 1 fully saturated rings. The third kappa shape index (κ3) is 2.56. The van der Waals surface area contributed by atoms with Gasteiger partial charge < -0.3 is 5.32 Å². The van der Waals surface area contributed by atoms with E-state index in [2.05, 4.69) is 20.3 Å². The highest BCUT2D eigenvalue weighted by atomic mass is 16.1. The normalized spacial score (nSPS) is 13.2. The number of amides is 1. The molecule has 120 valence electrons. The van der Waals surface area contributed by atoms with E-state index >= 15 is 0 Å². The van der Waals surface area contributed by atoms with Gasteiger partial charge in [0, 0.05) is 17.6 Å². The zero-order valence-electron chi connectivity index (χ0n) is 13.6. The largest absolute Gasteiger partial charge is 0.325 e. The molecule has 24 heavy (non-hydrogen) atoms. The van der Waals surface area contributed by atoms with Crippen LogP contribution >= 0.6 is 0 Å². The highest BCUT2D eigenvalue weighted by Gasteiger charge is 2.20. The van der Waals surface area contributed by atoms with Crippen molar-refractivity contribution in [3.63, 3.8) is 0 Å². The van der Waals surface area contributed by atoms with Gasteiger partial charge in [-0.15, -0.1) is 0 Å². The molecule has 0 aromatic carbocycles. The van der Waals surface area contributed by atoms with Gasteiger partial charge in [-0.2, -0.15) is 0 Å². The van der Waals surface area contributed by atoms with E-state index in [1.807, 2.05) is 42.5 Å². The summed E-state index contributed by atoms with van der Waals surface area (Å²) < 4.78 is 1.82. The Bertz CT molecular complexity index is 966. The Morgan fingerprint density at radius 3 is 2.75 bits per heavy atom. The summed E-state index contributed by atoms with van der Waals surface area (Å²) >= 11 is 0. The van der Waals surface area contributed by atoms with Crippen LogP contribution in [0, 0.1) is 6.92 Å². The van der Waals surface area contributed by atoms with E-state index in [-0.39, 0.29) is 5.91 Å². The molecule has 0 unspecified atom stereocenters. The number of allylic oxidation sites excluding steroid dienone is 2.